The molecule has 2 aliphatic carbocycles. The second-order valence-electron chi connectivity index (χ2n) is 7.53. The van der Waals surface area contributed by atoms with Gasteiger partial charge in [0.05, 0.1) is 17.6 Å². The minimum absolute atomic E-state index is 0.370. The van der Waals surface area contributed by atoms with E-state index in [0.29, 0.717) is 35.0 Å². The van der Waals surface area contributed by atoms with E-state index in [0.717, 1.165) is 32.4 Å². The Balaban J connectivity index is 1.52. The molecule has 2 atom stereocenters. The monoisotopic (exact) mass is 329 g/mol. The first kappa shape index (κ1) is 16.7. The largest absolute Gasteiger partial charge is 0.378 e. The van der Waals surface area contributed by atoms with Gasteiger partial charge in [-0.1, -0.05) is 19.3 Å². The Bertz CT molecular complexity index is 456. The topological polar surface area (TPSA) is 55.4 Å². The number of hydrogen-bond donors (Lipinski definition) is 1. The highest BCUT2D eigenvalue weighted by molar-refractivity contribution is 7.91. The van der Waals surface area contributed by atoms with Crippen LogP contribution in [0.2, 0.25) is 0 Å². The van der Waals surface area contributed by atoms with Crippen molar-refractivity contribution in [1.82, 2.24) is 5.32 Å². The first-order chi connectivity index (χ1) is 10.6. The van der Waals surface area contributed by atoms with Crippen LogP contribution in [0.3, 0.4) is 0 Å². The van der Waals surface area contributed by atoms with Gasteiger partial charge in [-0.3, -0.25) is 0 Å². The van der Waals surface area contributed by atoms with E-state index in [9.17, 15) is 8.42 Å². The fraction of sp³-hybridized carbons (Fsp3) is 1.00. The van der Waals surface area contributed by atoms with Crippen LogP contribution < -0.4 is 5.32 Å². The van der Waals surface area contributed by atoms with E-state index in [1.54, 1.807) is 0 Å². The first-order valence-electron chi connectivity index (χ1n) is 9.11. The molecule has 3 aliphatic rings. The maximum Gasteiger partial charge on any atom is 0.150 e. The van der Waals surface area contributed by atoms with Gasteiger partial charge in [0.1, 0.15) is 9.84 Å². The van der Waals surface area contributed by atoms with Crippen LogP contribution in [-0.2, 0) is 14.6 Å². The maximum absolute atomic E-state index is 11.5. The third-order valence-corrected chi connectivity index (χ3v) is 7.98. The lowest BCUT2D eigenvalue weighted by atomic mass is 9.55. The molecule has 3 fully saturated rings. The average molecular weight is 330 g/mol. The van der Waals surface area contributed by atoms with Gasteiger partial charge in [0.25, 0.3) is 0 Å². The smallest absolute Gasteiger partial charge is 0.150 e. The van der Waals surface area contributed by atoms with Crippen molar-refractivity contribution in [3.8, 4) is 0 Å². The fourth-order valence-electron chi connectivity index (χ4n) is 4.80. The normalized spacial score (nSPS) is 34.4. The summed E-state index contributed by atoms with van der Waals surface area (Å²) in [6.45, 7) is 3.90. The van der Waals surface area contributed by atoms with Crippen molar-refractivity contribution in [3.05, 3.63) is 0 Å². The second kappa shape index (κ2) is 6.78. The van der Waals surface area contributed by atoms with Crippen LogP contribution in [0.1, 0.15) is 58.3 Å². The third-order valence-electron chi connectivity index (χ3n) is 6.26. The Morgan fingerprint density at radius 2 is 1.82 bits per heavy atom. The number of nitrogens with one attached hydrogen (secondary N) is 1. The molecule has 0 aromatic carbocycles. The lowest BCUT2D eigenvalue weighted by molar-refractivity contribution is -0.150. The Morgan fingerprint density at radius 1 is 1.14 bits per heavy atom. The Labute approximate surface area is 135 Å². The molecule has 1 aliphatic heterocycles. The molecule has 1 saturated heterocycles. The molecule has 5 heteroatoms. The van der Waals surface area contributed by atoms with Crippen LogP contribution in [0.25, 0.3) is 0 Å². The predicted molar refractivity (Wildman–Crippen MR) is 88.7 cm³/mol. The molecule has 0 radical (unpaired) electrons. The zero-order valence-electron chi connectivity index (χ0n) is 13.9. The lowest BCUT2D eigenvalue weighted by Crippen LogP contribution is -2.65. The van der Waals surface area contributed by atoms with Crippen molar-refractivity contribution in [1.29, 1.82) is 0 Å². The van der Waals surface area contributed by atoms with Crippen molar-refractivity contribution < 1.29 is 13.2 Å². The average Bonchev–Trinajstić information content (AvgIpc) is 2.52. The van der Waals surface area contributed by atoms with E-state index in [-0.39, 0.29) is 0 Å². The van der Waals surface area contributed by atoms with Gasteiger partial charge in [-0.25, -0.2) is 8.42 Å². The van der Waals surface area contributed by atoms with E-state index in [2.05, 4.69) is 12.2 Å². The first-order valence-corrected chi connectivity index (χ1v) is 10.9. The van der Waals surface area contributed by atoms with Crippen LogP contribution in [0.15, 0.2) is 0 Å². The highest BCUT2D eigenvalue weighted by Crippen LogP contribution is 2.53. The summed E-state index contributed by atoms with van der Waals surface area (Å²) in [6.07, 6.45) is 9.90. The summed E-state index contributed by atoms with van der Waals surface area (Å²) in [6, 6.07) is 0.586. The molecule has 2 saturated carbocycles. The Kier molecular flexibility index (Phi) is 5.15. The van der Waals surface area contributed by atoms with E-state index < -0.39 is 9.84 Å². The third kappa shape index (κ3) is 3.36. The van der Waals surface area contributed by atoms with Gasteiger partial charge in [-0.2, -0.15) is 0 Å². The van der Waals surface area contributed by atoms with Crippen LogP contribution in [0.4, 0.5) is 0 Å². The summed E-state index contributed by atoms with van der Waals surface area (Å²) in [5.41, 5.74) is 0.370. The molecule has 0 unspecified atom stereocenters. The molecule has 1 N–H and O–H groups in total. The molecule has 1 spiro atoms. The van der Waals surface area contributed by atoms with Gasteiger partial charge in [0, 0.05) is 18.1 Å². The number of ether oxygens (including phenoxy) is 1. The van der Waals surface area contributed by atoms with Gasteiger partial charge >= 0.3 is 0 Å². The highest BCUT2D eigenvalue weighted by Gasteiger charge is 2.55. The summed E-state index contributed by atoms with van der Waals surface area (Å²) in [5, 5.41) is 3.79. The van der Waals surface area contributed by atoms with Gasteiger partial charge in [-0.05, 0) is 51.5 Å². The second-order valence-corrected chi connectivity index (χ2v) is 9.83. The number of sulfone groups is 1. The molecule has 0 aromatic heterocycles. The summed E-state index contributed by atoms with van der Waals surface area (Å²) in [4.78, 5) is 0. The zero-order valence-corrected chi connectivity index (χ0v) is 14.7. The number of rotatable bonds is 5. The van der Waals surface area contributed by atoms with Crippen molar-refractivity contribution in [2.45, 2.75) is 70.4 Å². The summed E-state index contributed by atoms with van der Waals surface area (Å²) >= 11 is 0. The molecular formula is C17H31NO3S. The summed E-state index contributed by atoms with van der Waals surface area (Å²) in [5.74, 6) is 1.31. The molecule has 22 heavy (non-hydrogen) atoms. The van der Waals surface area contributed by atoms with Gasteiger partial charge in [0.15, 0.2) is 0 Å². The van der Waals surface area contributed by atoms with E-state index in [1.807, 2.05) is 0 Å². The van der Waals surface area contributed by atoms with Crippen molar-refractivity contribution in [3.63, 3.8) is 0 Å². The molecule has 0 bridgehead atoms. The zero-order chi connectivity index (χ0) is 15.6. The lowest BCUT2D eigenvalue weighted by Gasteiger charge is -2.58. The minimum Gasteiger partial charge on any atom is -0.378 e. The molecule has 3 rings (SSSR count). The van der Waals surface area contributed by atoms with Crippen LogP contribution in [0, 0.1) is 11.3 Å². The standard InChI is InChI=1S/C17H31NO3S/c1-2-21-16-12-15(17(16)8-4-3-5-9-17)18-13-14-6-10-22(19,20)11-7-14/h14-16,18H,2-13H2,1H3/t15-,16-/m1/s1. The Morgan fingerprint density at radius 3 is 2.45 bits per heavy atom. The van der Waals surface area contributed by atoms with E-state index in [1.165, 1.54) is 32.1 Å². The quantitative estimate of drug-likeness (QED) is 0.842. The van der Waals surface area contributed by atoms with Crippen LogP contribution in [-0.4, -0.2) is 45.2 Å². The van der Waals surface area contributed by atoms with E-state index in [4.69, 9.17) is 4.74 Å². The molecule has 4 nitrogen and oxygen atoms in total. The van der Waals surface area contributed by atoms with Crippen molar-refractivity contribution >= 4 is 9.84 Å². The van der Waals surface area contributed by atoms with Gasteiger partial charge < -0.3 is 10.1 Å². The Hall–Kier alpha value is -0.130. The van der Waals surface area contributed by atoms with Crippen LogP contribution >= 0.6 is 0 Å². The van der Waals surface area contributed by atoms with Crippen molar-refractivity contribution in [2.24, 2.45) is 11.3 Å². The minimum atomic E-state index is -2.74. The SMILES string of the molecule is CCO[C@@H]1C[C@@H](NCC2CCS(=O)(=O)CC2)C12CCCCC2. The molecule has 1 heterocycles. The van der Waals surface area contributed by atoms with E-state index >= 15 is 0 Å². The van der Waals surface area contributed by atoms with Gasteiger partial charge in [-0.15, -0.1) is 0 Å². The summed E-state index contributed by atoms with van der Waals surface area (Å²) in [7, 11) is -2.74. The fourth-order valence-corrected chi connectivity index (χ4v) is 6.39. The summed E-state index contributed by atoms with van der Waals surface area (Å²) < 4.78 is 29.0. The molecule has 0 aromatic rings. The van der Waals surface area contributed by atoms with Crippen LogP contribution in [0.5, 0.6) is 0 Å². The molecular weight excluding hydrogens is 298 g/mol. The van der Waals surface area contributed by atoms with Gasteiger partial charge in [0.2, 0.25) is 0 Å². The maximum atomic E-state index is 11.5. The predicted octanol–water partition coefficient (Wildman–Crippen LogP) is 2.53. The molecule has 0 amide bonds. The number of hydrogen-bond acceptors (Lipinski definition) is 4. The van der Waals surface area contributed by atoms with Crippen molar-refractivity contribution in [2.75, 3.05) is 24.7 Å². The molecule has 128 valence electrons. The highest BCUT2D eigenvalue weighted by atomic mass is 32.2.